The van der Waals surface area contributed by atoms with Gasteiger partial charge in [-0.1, -0.05) is 11.6 Å². The van der Waals surface area contributed by atoms with E-state index in [2.05, 4.69) is 12.6 Å². The molecule has 0 amide bonds. The predicted molar refractivity (Wildman–Crippen MR) is 96.4 cm³/mol. The number of ether oxygens (including phenoxy) is 2. The molecular formula is C18H13ClF3NO3S. The van der Waals surface area contributed by atoms with Gasteiger partial charge in [0.05, 0.1) is 16.1 Å². The molecule has 0 saturated carbocycles. The molecule has 27 heavy (non-hydrogen) atoms. The minimum absolute atomic E-state index is 0.00939. The zero-order valence-corrected chi connectivity index (χ0v) is 15.7. The van der Waals surface area contributed by atoms with E-state index in [4.69, 9.17) is 21.1 Å². The molecule has 0 saturated heterocycles. The van der Waals surface area contributed by atoms with Gasteiger partial charge in [-0.25, -0.2) is 0 Å². The lowest BCUT2D eigenvalue weighted by Gasteiger charge is -2.23. The summed E-state index contributed by atoms with van der Waals surface area (Å²) in [6.07, 6.45) is -4.53. The molecule has 0 N–H and O–H groups in total. The van der Waals surface area contributed by atoms with E-state index in [1.165, 1.54) is 32.0 Å². The molecule has 4 nitrogen and oxygen atoms in total. The van der Waals surface area contributed by atoms with Crippen molar-refractivity contribution in [2.75, 3.05) is 0 Å². The van der Waals surface area contributed by atoms with E-state index < -0.39 is 22.5 Å². The van der Waals surface area contributed by atoms with Crippen molar-refractivity contribution < 1.29 is 27.4 Å². The first-order valence-corrected chi connectivity index (χ1v) is 8.28. The molecule has 9 heteroatoms. The first-order valence-electron chi connectivity index (χ1n) is 7.45. The number of nitriles is 1. The van der Waals surface area contributed by atoms with Crippen molar-refractivity contribution >= 4 is 29.3 Å². The molecule has 2 aromatic rings. The molecule has 0 aliphatic rings. The zero-order chi connectivity index (χ0) is 20.4. The van der Waals surface area contributed by atoms with Crippen LogP contribution in [0.4, 0.5) is 13.2 Å². The third-order valence-electron chi connectivity index (χ3n) is 3.44. The van der Waals surface area contributed by atoms with Crippen LogP contribution in [0.5, 0.6) is 17.2 Å². The minimum Gasteiger partial charge on any atom is -0.478 e. The van der Waals surface area contributed by atoms with Gasteiger partial charge in [0.25, 0.3) is 0 Å². The van der Waals surface area contributed by atoms with Crippen molar-refractivity contribution in [1.29, 1.82) is 5.26 Å². The standard InChI is InChI=1S/C18H13ClF3NO3S/c1-17(2,16(24)27)26-15-8-12(5-3-10(15)9-23)25-14-6-4-11(7-13(14)19)18(20,21)22/h3-8H,1-2H3,(H,24,27). The van der Waals surface area contributed by atoms with Crippen LogP contribution in [-0.4, -0.2) is 10.7 Å². The normalized spacial score (nSPS) is 11.6. The minimum atomic E-state index is -4.53. The van der Waals surface area contributed by atoms with Crippen LogP contribution >= 0.6 is 24.2 Å². The molecule has 2 aromatic carbocycles. The Balaban J connectivity index is 2.34. The maximum atomic E-state index is 12.7. The summed E-state index contributed by atoms with van der Waals surface area (Å²) in [7, 11) is 0. The number of carbonyl (C=O) groups excluding carboxylic acids is 1. The fraction of sp³-hybridized carbons (Fsp3) is 0.222. The monoisotopic (exact) mass is 415 g/mol. The smallest absolute Gasteiger partial charge is 0.416 e. The molecule has 0 fully saturated rings. The maximum Gasteiger partial charge on any atom is 0.416 e. The van der Waals surface area contributed by atoms with E-state index in [1.54, 1.807) is 0 Å². The molecule has 2 rings (SSSR count). The Labute approximate surface area is 163 Å². The fourth-order valence-electron chi connectivity index (χ4n) is 1.95. The van der Waals surface area contributed by atoms with Crippen LogP contribution in [0.3, 0.4) is 0 Å². The van der Waals surface area contributed by atoms with Crippen LogP contribution in [0, 0.1) is 11.3 Å². The summed E-state index contributed by atoms with van der Waals surface area (Å²) < 4.78 is 49.2. The van der Waals surface area contributed by atoms with Crippen LogP contribution in [-0.2, 0) is 11.0 Å². The van der Waals surface area contributed by atoms with Crippen LogP contribution in [0.15, 0.2) is 36.4 Å². The van der Waals surface area contributed by atoms with Gasteiger partial charge in [0, 0.05) is 6.07 Å². The lowest BCUT2D eigenvalue weighted by molar-refractivity contribution is -0.137. The Morgan fingerprint density at radius 2 is 1.81 bits per heavy atom. The second kappa shape index (κ2) is 7.71. The predicted octanol–water partition coefficient (Wildman–Crippen LogP) is 5.64. The van der Waals surface area contributed by atoms with E-state index in [0.717, 1.165) is 18.2 Å². The first-order chi connectivity index (χ1) is 12.4. The second-order valence-electron chi connectivity index (χ2n) is 5.93. The van der Waals surface area contributed by atoms with E-state index in [1.807, 2.05) is 6.07 Å². The van der Waals surface area contributed by atoms with Crippen molar-refractivity contribution in [2.24, 2.45) is 0 Å². The highest BCUT2D eigenvalue weighted by Crippen LogP contribution is 2.37. The number of rotatable bonds is 5. The molecule has 0 atom stereocenters. The van der Waals surface area contributed by atoms with Crippen molar-refractivity contribution in [2.45, 2.75) is 25.6 Å². The molecular weight excluding hydrogens is 403 g/mol. The highest BCUT2D eigenvalue weighted by molar-refractivity contribution is 7.96. The van der Waals surface area contributed by atoms with E-state index in [9.17, 15) is 23.2 Å². The SMILES string of the molecule is CC(C)(Oc1cc(Oc2ccc(C(F)(F)F)cc2Cl)ccc1C#N)C(=O)S. The lowest BCUT2D eigenvalue weighted by atomic mass is 10.1. The number of nitrogens with zero attached hydrogens (tertiary/aromatic N) is 1. The largest absolute Gasteiger partial charge is 0.478 e. The van der Waals surface area contributed by atoms with Gasteiger partial charge in [0.2, 0.25) is 5.12 Å². The molecule has 0 unspecified atom stereocenters. The van der Waals surface area contributed by atoms with Crippen LogP contribution in [0.2, 0.25) is 5.02 Å². The van der Waals surface area contributed by atoms with Gasteiger partial charge < -0.3 is 9.47 Å². The molecule has 0 aliphatic carbocycles. The third kappa shape index (κ3) is 5.08. The number of benzene rings is 2. The summed E-state index contributed by atoms with van der Waals surface area (Å²) in [5, 5.41) is 8.40. The van der Waals surface area contributed by atoms with Crippen LogP contribution in [0.25, 0.3) is 0 Å². The number of hydrogen-bond donors (Lipinski definition) is 1. The van der Waals surface area contributed by atoms with Crippen molar-refractivity contribution in [1.82, 2.24) is 0 Å². The van der Waals surface area contributed by atoms with Gasteiger partial charge in [-0.05, 0) is 44.2 Å². The van der Waals surface area contributed by atoms with Crippen molar-refractivity contribution in [3.05, 3.63) is 52.5 Å². The highest BCUT2D eigenvalue weighted by Gasteiger charge is 2.31. The Kier molecular flexibility index (Phi) is 5.97. The second-order valence-corrected chi connectivity index (χ2v) is 6.75. The van der Waals surface area contributed by atoms with Gasteiger partial charge in [0.1, 0.15) is 23.3 Å². The van der Waals surface area contributed by atoms with Crippen molar-refractivity contribution in [3.63, 3.8) is 0 Å². The average molecular weight is 416 g/mol. The summed E-state index contributed by atoms with van der Waals surface area (Å²) in [6.45, 7) is 2.95. The fourth-order valence-corrected chi connectivity index (χ4v) is 2.21. The molecule has 0 aromatic heterocycles. The summed E-state index contributed by atoms with van der Waals surface area (Å²) >= 11 is 9.61. The van der Waals surface area contributed by atoms with Crippen molar-refractivity contribution in [3.8, 4) is 23.3 Å². The molecule has 0 bridgehead atoms. The number of thiol groups is 1. The number of carbonyl (C=O) groups is 1. The van der Waals surface area contributed by atoms with E-state index in [0.29, 0.717) is 0 Å². The van der Waals surface area contributed by atoms with E-state index in [-0.39, 0.29) is 27.8 Å². The summed E-state index contributed by atoms with van der Waals surface area (Å²) in [6, 6.07) is 8.75. The molecule has 0 aliphatic heterocycles. The van der Waals surface area contributed by atoms with Gasteiger partial charge in [-0.3, -0.25) is 4.79 Å². The Hall–Kier alpha value is -2.37. The van der Waals surface area contributed by atoms with Crippen LogP contribution in [0.1, 0.15) is 25.0 Å². The average Bonchev–Trinajstić information content (AvgIpc) is 2.55. The molecule has 142 valence electrons. The Morgan fingerprint density at radius 3 is 2.33 bits per heavy atom. The molecule has 0 spiro atoms. The summed E-state index contributed by atoms with van der Waals surface area (Å²) in [4.78, 5) is 11.5. The zero-order valence-electron chi connectivity index (χ0n) is 14.1. The topological polar surface area (TPSA) is 59.3 Å². The summed E-state index contributed by atoms with van der Waals surface area (Å²) in [5.74, 6) is 0.211. The maximum absolute atomic E-state index is 12.7. The Bertz CT molecular complexity index is 923. The van der Waals surface area contributed by atoms with E-state index >= 15 is 0 Å². The van der Waals surface area contributed by atoms with Gasteiger partial charge >= 0.3 is 6.18 Å². The molecule has 0 heterocycles. The third-order valence-corrected chi connectivity index (χ3v) is 4.27. The lowest BCUT2D eigenvalue weighted by Crippen LogP contribution is -2.35. The number of alkyl halides is 3. The first kappa shape index (κ1) is 20.9. The highest BCUT2D eigenvalue weighted by atomic mass is 35.5. The number of hydrogen-bond acceptors (Lipinski definition) is 4. The Morgan fingerprint density at radius 1 is 1.15 bits per heavy atom. The van der Waals surface area contributed by atoms with Gasteiger partial charge in [-0.15, -0.1) is 12.6 Å². The van der Waals surface area contributed by atoms with Gasteiger partial charge in [-0.2, -0.15) is 18.4 Å². The summed E-state index contributed by atoms with van der Waals surface area (Å²) in [5.41, 5.74) is -2.07. The molecule has 0 radical (unpaired) electrons. The van der Waals surface area contributed by atoms with Gasteiger partial charge in [0.15, 0.2) is 5.60 Å². The number of halogens is 4. The van der Waals surface area contributed by atoms with Crippen LogP contribution < -0.4 is 9.47 Å². The quantitative estimate of drug-likeness (QED) is 0.642.